The smallest absolute Gasteiger partial charge is 0.307 e. The Kier molecular flexibility index (Phi) is 6.96. The monoisotopic (exact) mass is 461 g/mol. The molecule has 1 heterocycles. The molecule has 1 aliphatic rings. The highest BCUT2D eigenvalue weighted by molar-refractivity contribution is 5.80. The summed E-state index contributed by atoms with van der Waals surface area (Å²) in [5.74, 6) is -0.601. The number of nitrogens with zero attached hydrogens (tertiary/aromatic N) is 1. The average molecular weight is 462 g/mol. The fourth-order valence-corrected chi connectivity index (χ4v) is 4.64. The number of aliphatic carboxylic acids is 1. The summed E-state index contributed by atoms with van der Waals surface area (Å²) >= 11 is 0. The van der Waals surface area contributed by atoms with Crippen LogP contribution in [0.4, 0.5) is 4.39 Å². The molecule has 5 nitrogen and oxygen atoms in total. The zero-order valence-corrected chi connectivity index (χ0v) is 19.4. The molecule has 0 aromatic heterocycles. The van der Waals surface area contributed by atoms with Gasteiger partial charge in [-0.25, -0.2) is 4.39 Å². The van der Waals surface area contributed by atoms with Gasteiger partial charge in [0.05, 0.1) is 13.5 Å². The summed E-state index contributed by atoms with van der Waals surface area (Å²) in [6, 6.07) is 16.4. The molecule has 0 spiro atoms. The second-order valence-corrected chi connectivity index (χ2v) is 8.65. The number of amides is 1. The van der Waals surface area contributed by atoms with Crippen LogP contribution >= 0.6 is 0 Å². The number of hydrogen-bond donors (Lipinski definition) is 1. The average Bonchev–Trinajstić information content (AvgIpc) is 2.83. The molecule has 0 unspecified atom stereocenters. The molecular formula is C28H28FNO4. The zero-order valence-electron chi connectivity index (χ0n) is 19.4. The molecule has 1 aliphatic heterocycles. The van der Waals surface area contributed by atoms with Gasteiger partial charge in [0, 0.05) is 25.1 Å². The molecule has 0 radical (unpaired) electrons. The molecule has 4 rings (SSSR count). The predicted molar refractivity (Wildman–Crippen MR) is 128 cm³/mol. The summed E-state index contributed by atoms with van der Waals surface area (Å²) in [5.41, 5.74) is 5.76. The van der Waals surface area contributed by atoms with Gasteiger partial charge in [-0.3, -0.25) is 9.59 Å². The number of carboxylic acids is 1. The number of methoxy groups -OCH3 is 1. The van der Waals surface area contributed by atoms with E-state index in [4.69, 9.17) is 4.74 Å². The highest BCUT2D eigenvalue weighted by Gasteiger charge is 2.26. The van der Waals surface area contributed by atoms with Crippen molar-refractivity contribution in [3.05, 3.63) is 88.2 Å². The van der Waals surface area contributed by atoms with E-state index in [0.717, 1.165) is 22.3 Å². The van der Waals surface area contributed by atoms with Gasteiger partial charge in [0.2, 0.25) is 5.91 Å². The number of benzene rings is 3. The number of hydrogen-bond acceptors (Lipinski definition) is 3. The molecule has 0 saturated carbocycles. The number of carboxylic acid groups (broad SMARTS) is 1. The summed E-state index contributed by atoms with van der Waals surface area (Å²) in [4.78, 5) is 26.1. The fourth-order valence-electron chi connectivity index (χ4n) is 4.64. The number of carbonyl (C=O) groups excluding carboxylic acids is 1. The van der Waals surface area contributed by atoms with Gasteiger partial charge in [-0.05, 0) is 71.3 Å². The van der Waals surface area contributed by atoms with E-state index in [0.29, 0.717) is 54.8 Å². The fraction of sp³-hybridized carbons (Fsp3) is 0.286. The Balaban J connectivity index is 1.63. The maximum Gasteiger partial charge on any atom is 0.307 e. The Morgan fingerprint density at radius 3 is 2.59 bits per heavy atom. The van der Waals surface area contributed by atoms with E-state index in [1.54, 1.807) is 36.3 Å². The van der Waals surface area contributed by atoms with Crippen LogP contribution < -0.4 is 4.74 Å². The lowest BCUT2D eigenvalue weighted by Crippen LogP contribution is -2.36. The van der Waals surface area contributed by atoms with Crippen LogP contribution in [0.1, 0.15) is 34.2 Å². The summed E-state index contributed by atoms with van der Waals surface area (Å²) in [6.45, 7) is 2.81. The van der Waals surface area contributed by atoms with Crippen LogP contribution in [-0.2, 0) is 35.4 Å². The standard InChI is InChI=1S/C28H28FNO4/c1-18-5-3-4-6-20(18)8-12-27(31)30-14-13-22-24(17-30)21(9-10-25(22)29)23-15-19(16-28(32)33)7-11-26(23)34-2/h3-7,9-11,15H,8,12-14,16-17H2,1-2H3,(H,32,33). The molecule has 0 bridgehead atoms. The molecule has 1 N–H and O–H groups in total. The Bertz CT molecular complexity index is 1240. The van der Waals surface area contributed by atoms with Crippen LogP contribution in [0.15, 0.2) is 54.6 Å². The van der Waals surface area contributed by atoms with E-state index in [-0.39, 0.29) is 18.1 Å². The van der Waals surface area contributed by atoms with Crippen molar-refractivity contribution in [1.29, 1.82) is 0 Å². The van der Waals surface area contributed by atoms with Crippen molar-refractivity contribution in [1.82, 2.24) is 4.90 Å². The number of rotatable bonds is 7. The quantitative estimate of drug-likeness (QED) is 0.540. The normalized spacial score (nSPS) is 12.9. The molecule has 0 atom stereocenters. The highest BCUT2D eigenvalue weighted by atomic mass is 19.1. The Morgan fingerprint density at radius 1 is 1.06 bits per heavy atom. The lowest BCUT2D eigenvalue weighted by Gasteiger charge is -2.31. The topological polar surface area (TPSA) is 66.8 Å². The van der Waals surface area contributed by atoms with E-state index in [9.17, 15) is 19.1 Å². The minimum absolute atomic E-state index is 0.0377. The van der Waals surface area contributed by atoms with Crippen molar-refractivity contribution in [3.63, 3.8) is 0 Å². The Hall–Kier alpha value is -3.67. The minimum atomic E-state index is -0.928. The highest BCUT2D eigenvalue weighted by Crippen LogP contribution is 2.38. The van der Waals surface area contributed by atoms with Crippen molar-refractivity contribution < 1.29 is 23.8 Å². The first-order valence-electron chi connectivity index (χ1n) is 11.4. The maximum absolute atomic E-state index is 14.7. The van der Waals surface area contributed by atoms with Crippen LogP contribution in [0.3, 0.4) is 0 Å². The van der Waals surface area contributed by atoms with Crippen molar-refractivity contribution in [2.75, 3.05) is 13.7 Å². The van der Waals surface area contributed by atoms with E-state index < -0.39 is 5.97 Å². The van der Waals surface area contributed by atoms with Gasteiger partial charge in [-0.15, -0.1) is 0 Å². The SMILES string of the molecule is COc1ccc(CC(=O)O)cc1-c1ccc(F)c2c1CN(C(=O)CCc1ccccc1C)CC2. The molecule has 34 heavy (non-hydrogen) atoms. The Labute approximate surface area is 198 Å². The van der Waals surface area contributed by atoms with E-state index in [1.807, 2.05) is 31.2 Å². The second-order valence-electron chi connectivity index (χ2n) is 8.65. The summed E-state index contributed by atoms with van der Waals surface area (Å²) in [7, 11) is 1.55. The number of halogens is 1. The molecule has 3 aromatic rings. The first-order valence-corrected chi connectivity index (χ1v) is 11.4. The van der Waals surface area contributed by atoms with Gasteiger partial charge < -0.3 is 14.7 Å². The molecule has 1 amide bonds. The number of carbonyl (C=O) groups is 2. The van der Waals surface area contributed by atoms with Crippen LogP contribution in [-0.4, -0.2) is 35.5 Å². The summed E-state index contributed by atoms with van der Waals surface area (Å²) in [5, 5.41) is 9.20. The van der Waals surface area contributed by atoms with Crippen LogP contribution in [0.25, 0.3) is 11.1 Å². The lowest BCUT2D eigenvalue weighted by molar-refractivity contribution is -0.136. The maximum atomic E-state index is 14.7. The van der Waals surface area contributed by atoms with Gasteiger partial charge in [-0.1, -0.05) is 36.4 Å². The number of ether oxygens (including phenoxy) is 1. The summed E-state index contributed by atoms with van der Waals surface area (Å²) in [6.07, 6.45) is 1.37. The van der Waals surface area contributed by atoms with Crippen molar-refractivity contribution >= 4 is 11.9 Å². The zero-order chi connectivity index (χ0) is 24.2. The van der Waals surface area contributed by atoms with Gasteiger partial charge >= 0.3 is 5.97 Å². The Morgan fingerprint density at radius 2 is 1.85 bits per heavy atom. The van der Waals surface area contributed by atoms with Crippen molar-refractivity contribution in [3.8, 4) is 16.9 Å². The molecule has 0 fully saturated rings. The van der Waals surface area contributed by atoms with Gasteiger partial charge in [-0.2, -0.15) is 0 Å². The molecule has 176 valence electrons. The van der Waals surface area contributed by atoms with Crippen molar-refractivity contribution in [2.45, 2.75) is 39.2 Å². The molecule has 0 saturated heterocycles. The van der Waals surface area contributed by atoms with Crippen LogP contribution in [0, 0.1) is 12.7 Å². The van der Waals surface area contributed by atoms with Crippen molar-refractivity contribution in [2.24, 2.45) is 0 Å². The third kappa shape index (κ3) is 4.96. The third-order valence-corrected chi connectivity index (χ3v) is 6.49. The van der Waals surface area contributed by atoms with Crippen LogP contribution in [0.2, 0.25) is 0 Å². The lowest BCUT2D eigenvalue weighted by atomic mass is 9.89. The minimum Gasteiger partial charge on any atom is -0.496 e. The first-order chi connectivity index (χ1) is 16.4. The van der Waals surface area contributed by atoms with E-state index in [2.05, 4.69) is 0 Å². The van der Waals surface area contributed by atoms with Gasteiger partial charge in [0.15, 0.2) is 0 Å². The summed E-state index contributed by atoms with van der Waals surface area (Å²) < 4.78 is 20.3. The van der Waals surface area contributed by atoms with E-state index >= 15 is 0 Å². The molecule has 3 aromatic carbocycles. The molecular weight excluding hydrogens is 433 g/mol. The van der Waals surface area contributed by atoms with Crippen LogP contribution in [0.5, 0.6) is 5.75 Å². The van der Waals surface area contributed by atoms with Gasteiger partial charge in [0.1, 0.15) is 11.6 Å². The van der Waals surface area contributed by atoms with Gasteiger partial charge in [0.25, 0.3) is 0 Å². The molecule has 0 aliphatic carbocycles. The first kappa shape index (κ1) is 23.5. The number of fused-ring (bicyclic) bond motifs is 1. The second kappa shape index (κ2) is 10.1. The predicted octanol–water partition coefficient (Wildman–Crippen LogP) is 4.95. The largest absolute Gasteiger partial charge is 0.496 e. The number of aryl methyl sites for hydroxylation is 2. The molecule has 6 heteroatoms. The van der Waals surface area contributed by atoms with E-state index in [1.165, 1.54) is 6.07 Å². The third-order valence-electron chi connectivity index (χ3n) is 6.49.